The fourth-order valence-electron chi connectivity index (χ4n) is 1.39. The summed E-state index contributed by atoms with van der Waals surface area (Å²) in [6.45, 7) is 0. The van der Waals surface area contributed by atoms with Crippen LogP contribution in [-0.4, -0.2) is 20.4 Å². The third kappa shape index (κ3) is 1.87. The van der Waals surface area contributed by atoms with Crippen molar-refractivity contribution in [3.63, 3.8) is 0 Å². The molecule has 2 aromatic rings. The van der Waals surface area contributed by atoms with Gasteiger partial charge in [0.25, 0.3) is 0 Å². The van der Waals surface area contributed by atoms with E-state index in [0.717, 1.165) is 5.56 Å². The summed E-state index contributed by atoms with van der Waals surface area (Å²) in [6.07, 6.45) is -0.0746. The Hall–Kier alpha value is -1.36. The molecule has 0 atom stereocenters. The van der Waals surface area contributed by atoms with Crippen molar-refractivity contribution in [1.29, 1.82) is 0 Å². The fourth-order valence-corrected chi connectivity index (χ4v) is 1.62. The number of nitrogens with zero attached hydrogens (tertiary/aromatic N) is 1. The molecule has 5 heteroatoms. The smallest absolute Gasteiger partial charge is 0.196 e. The minimum Gasteiger partial charge on any atom is -0.363 e. The summed E-state index contributed by atoms with van der Waals surface area (Å²) in [7, 11) is 0. The van der Waals surface area contributed by atoms with Crippen molar-refractivity contribution in [3.05, 3.63) is 41.2 Å². The van der Waals surface area contributed by atoms with Gasteiger partial charge in [0.1, 0.15) is 0 Å². The number of halogens is 1. The molecule has 0 unspecified atom stereocenters. The quantitative estimate of drug-likeness (QED) is 0.681. The Kier molecular flexibility index (Phi) is 2.73. The summed E-state index contributed by atoms with van der Waals surface area (Å²) < 4.78 is 0. The van der Waals surface area contributed by atoms with Crippen LogP contribution in [0.1, 0.15) is 12.0 Å². The number of aliphatic hydroxyl groups excluding tert-OH is 1. The number of rotatable bonds is 2. The molecule has 0 bridgehead atoms. The van der Waals surface area contributed by atoms with E-state index < -0.39 is 6.29 Å². The van der Waals surface area contributed by atoms with Gasteiger partial charge >= 0.3 is 0 Å². The molecule has 3 N–H and O–H groups in total. The predicted octanol–water partition coefficient (Wildman–Crippen LogP) is 1.71. The van der Waals surface area contributed by atoms with Crippen LogP contribution >= 0.6 is 11.6 Å². The van der Waals surface area contributed by atoms with E-state index in [2.05, 4.69) is 10.2 Å². The van der Waals surface area contributed by atoms with E-state index in [4.69, 9.17) is 21.8 Å². The zero-order chi connectivity index (χ0) is 10.8. The third-order valence-electron chi connectivity index (χ3n) is 2.09. The Bertz CT molecular complexity index is 468. The van der Waals surface area contributed by atoms with Gasteiger partial charge in [0.15, 0.2) is 6.29 Å². The molecule has 0 amide bonds. The lowest BCUT2D eigenvalue weighted by Crippen LogP contribution is -1.97. The van der Waals surface area contributed by atoms with Gasteiger partial charge in [-0.05, 0) is 6.07 Å². The van der Waals surface area contributed by atoms with Crippen molar-refractivity contribution in [3.8, 4) is 11.1 Å². The van der Waals surface area contributed by atoms with E-state index in [-0.39, 0.29) is 5.69 Å². The van der Waals surface area contributed by atoms with E-state index in [0.29, 0.717) is 10.6 Å². The lowest BCUT2D eigenvalue weighted by Gasteiger charge is -2.06. The first-order chi connectivity index (χ1) is 7.20. The van der Waals surface area contributed by atoms with Crippen LogP contribution in [0.15, 0.2) is 30.5 Å². The Morgan fingerprint density at radius 2 is 1.93 bits per heavy atom. The lowest BCUT2D eigenvalue weighted by molar-refractivity contribution is -0.0453. The summed E-state index contributed by atoms with van der Waals surface area (Å²) in [4.78, 5) is 0. The topological polar surface area (TPSA) is 69.1 Å². The predicted molar refractivity (Wildman–Crippen MR) is 56.2 cm³/mol. The third-order valence-corrected chi connectivity index (χ3v) is 2.42. The summed E-state index contributed by atoms with van der Waals surface area (Å²) >= 11 is 5.99. The molecular weight excluding hydrogens is 216 g/mol. The number of nitrogens with one attached hydrogen (secondary N) is 1. The second-order valence-corrected chi connectivity index (χ2v) is 3.46. The van der Waals surface area contributed by atoms with Crippen molar-refractivity contribution in [2.75, 3.05) is 0 Å². The van der Waals surface area contributed by atoms with Crippen LogP contribution in [0.25, 0.3) is 11.1 Å². The SMILES string of the molecule is OC(O)c1[nH]ncc1-c1ccccc1Cl. The minimum absolute atomic E-state index is 0.239. The summed E-state index contributed by atoms with van der Waals surface area (Å²) in [5, 5.41) is 25.0. The molecule has 0 saturated heterocycles. The molecule has 1 aromatic heterocycles. The largest absolute Gasteiger partial charge is 0.363 e. The van der Waals surface area contributed by atoms with Crippen LogP contribution in [0.5, 0.6) is 0 Å². The zero-order valence-electron chi connectivity index (χ0n) is 7.68. The normalized spacial score (nSPS) is 10.9. The molecule has 2 rings (SSSR count). The summed E-state index contributed by atoms with van der Waals surface area (Å²) in [5.41, 5.74) is 1.55. The van der Waals surface area contributed by atoms with Crippen LogP contribution in [-0.2, 0) is 0 Å². The number of aromatic amines is 1. The van der Waals surface area contributed by atoms with E-state index in [1.807, 2.05) is 6.07 Å². The van der Waals surface area contributed by atoms with E-state index >= 15 is 0 Å². The lowest BCUT2D eigenvalue weighted by atomic mass is 10.1. The van der Waals surface area contributed by atoms with E-state index in [9.17, 15) is 0 Å². The Balaban J connectivity index is 2.55. The van der Waals surface area contributed by atoms with Crippen molar-refractivity contribution >= 4 is 11.6 Å². The molecule has 0 aliphatic carbocycles. The van der Waals surface area contributed by atoms with Crippen LogP contribution in [0.4, 0.5) is 0 Å². The molecule has 1 aromatic carbocycles. The molecule has 4 nitrogen and oxygen atoms in total. The van der Waals surface area contributed by atoms with Crippen molar-refractivity contribution in [2.45, 2.75) is 6.29 Å². The fraction of sp³-hybridized carbons (Fsp3) is 0.100. The van der Waals surface area contributed by atoms with Crippen molar-refractivity contribution in [1.82, 2.24) is 10.2 Å². The first-order valence-electron chi connectivity index (χ1n) is 4.34. The van der Waals surface area contributed by atoms with Gasteiger partial charge in [-0.2, -0.15) is 5.10 Å². The van der Waals surface area contributed by atoms with Crippen LogP contribution in [0.2, 0.25) is 5.02 Å². The van der Waals surface area contributed by atoms with Crippen LogP contribution < -0.4 is 0 Å². The first kappa shape index (κ1) is 10.2. The number of H-pyrrole nitrogens is 1. The van der Waals surface area contributed by atoms with Crippen molar-refractivity contribution < 1.29 is 10.2 Å². The zero-order valence-corrected chi connectivity index (χ0v) is 8.44. The molecule has 15 heavy (non-hydrogen) atoms. The molecule has 1 heterocycles. The van der Waals surface area contributed by atoms with Gasteiger partial charge < -0.3 is 10.2 Å². The van der Waals surface area contributed by atoms with Gasteiger partial charge in [-0.1, -0.05) is 29.8 Å². The second kappa shape index (κ2) is 4.02. The van der Waals surface area contributed by atoms with Crippen LogP contribution in [0.3, 0.4) is 0 Å². The molecule has 0 fully saturated rings. The minimum atomic E-state index is -1.58. The Morgan fingerprint density at radius 1 is 1.20 bits per heavy atom. The van der Waals surface area contributed by atoms with Gasteiger partial charge in [0, 0.05) is 16.1 Å². The molecular formula is C10H9ClN2O2. The van der Waals surface area contributed by atoms with Gasteiger partial charge in [-0.15, -0.1) is 0 Å². The average molecular weight is 225 g/mol. The standard InChI is InChI=1S/C10H9ClN2O2/c11-8-4-2-1-3-6(8)7-5-12-13-9(7)10(14)15/h1-5,10,14-15H,(H,12,13). The monoisotopic (exact) mass is 224 g/mol. The molecule has 0 aliphatic rings. The Morgan fingerprint density at radius 3 is 2.60 bits per heavy atom. The van der Waals surface area contributed by atoms with Gasteiger partial charge in [0.2, 0.25) is 0 Å². The summed E-state index contributed by atoms with van der Waals surface area (Å²) in [6, 6.07) is 7.15. The summed E-state index contributed by atoms with van der Waals surface area (Å²) in [5.74, 6) is 0. The number of aliphatic hydroxyl groups is 2. The maximum Gasteiger partial charge on any atom is 0.196 e. The second-order valence-electron chi connectivity index (χ2n) is 3.05. The first-order valence-corrected chi connectivity index (χ1v) is 4.72. The number of hydrogen-bond acceptors (Lipinski definition) is 3. The number of hydrogen-bond donors (Lipinski definition) is 3. The van der Waals surface area contributed by atoms with Gasteiger partial charge in [-0.25, -0.2) is 0 Å². The highest BCUT2D eigenvalue weighted by atomic mass is 35.5. The number of aromatic nitrogens is 2. The molecule has 0 spiro atoms. The van der Waals surface area contributed by atoms with E-state index in [1.54, 1.807) is 18.2 Å². The highest BCUT2D eigenvalue weighted by Crippen LogP contribution is 2.30. The molecule has 0 radical (unpaired) electrons. The Labute approximate surface area is 91.1 Å². The molecule has 78 valence electrons. The van der Waals surface area contributed by atoms with Crippen LogP contribution in [0, 0.1) is 0 Å². The maximum atomic E-state index is 9.09. The number of benzene rings is 1. The molecule has 0 aliphatic heterocycles. The van der Waals surface area contributed by atoms with Gasteiger partial charge in [-0.3, -0.25) is 5.10 Å². The highest BCUT2D eigenvalue weighted by Gasteiger charge is 2.14. The maximum absolute atomic E-state index is 9.09. The highest BCUT2D eigenvalue weighted by molar-refractivity contribution is 6.33. The molecule has 0 saturated carbocycles. The average Bonchev–Trinajstić information content (AvgIpc) is 2.67. The van der Waals surface area contributed by atoms with E-state index in [1.165, 1.54) is 6.20 Å². The van der Waals surface area contributed by atoms with Gasteiger partial charge in [0.05, 0.1) is 11.9 Å². The van der Waals surface area contributed by atoms with Crippen molar-refractivity contribution in [2.24, 2.45) is 0 Å².